The maximum absolute atomic E-state index is 9.40. The molecular formula is C24H32N5O2S+. The number of fused-ring (bicyclic) bond motifs is 3. The summed E-state index contributed by atoms with van der Waals surface area (Å²) in [6.07, 6.45) is 11.6. The fraction of sp³-hybridized carbons (Fsp3) is 0.542. The summed E-state index contributed by atoms with van der Waals surface area (Å²) in [5, 5.41) is 11.3. The zero-order valence-corrected chi connectivity index (χ0v) is 20.0. The van der Waals surface area contributed by atoms with Crippen molar-refractivity contribution < 1.29 is 9.47 Å². The first-order valence-electron chi connectivity index (χ1n) is 11.3. The predicted octanol–water partition coefficient (Wildman–Crippen LogP) is 3.56. The summed E-state index contributed by atoms with van der Waals surface area (Å²) in [7, 11) is 0.342. The van der Waals surface area contributed by atoms with E-state index in [1.54, 1.807) is 12.4 Å². The number of nitrogens with zero attached hydrogens (tertiary/aromatic N) is 5. The zero-order valence-electron chi connectivity index (χ0n) is 19.2. The van der Waals surface area contributed by atoms with Crippen LogP contribution in [0.2, 0.25) is 0 Å². The van der Waals surface area contributed by atoms with E-state index in [1.165, 1.54) is 12.8 Å². The Labute approximate surface area is 192 Å². The number of likely N-dealkylation sites (N-methyl/N-ethyl adjacent to an activating group) is 1. The summed E-state index contributed by atoms with van der Waals surface area (Å²) < 4.78 is 14.4. The van der Waals surface area contributed by atoms with Gasteiger partial charge < -0.3 is 9.47 Å². The Kier molecular flexibility index (Phi) is 7.51. The van der Waals surface area contributed by atoms with E-state index >= 15 is 0 Å². The number of hydrogen-bond acceptors (Lipinski definition) is 6. The second-order valence-electron chi connectivity index (χ2n) is 8.45. The normalized spacial score (nSPS) is 17.3. The Hall–Kier alpha value is -2.34. The molecule has 1 saturated heterocycles. The predicted molar refractivity (Wildman–Crippen MR) is 130 cm³/mol. The van der Waals surface area contributed by atoms with E-state index in [0.717, 1.165) is 52.9 Å². The Morgan fingerprint density at radius 3 is 2.94 bits per heavy atom. The van der Waals surface area contributed by atoms with Gasteiger partial charge in [0.15, 0.2) is 0 Å². The molecule has 4 rings (SSSR count). The molecule has 0 amide bonds. The molecule has 170 valence electrons. The average molecular weight is 455 g/mol. The van der Waals surface area contributed by atoms with Gasteiger partial charge in [0.25, 0.3) is 0 Å². The molecule has 1 atom stereocenters. The molecule has 3 aromatic heterocycles. The molecule has 0 spiro atoms. The van der Waals surface area contributed by atoms with E-state index in [-0.39, 0.29) is 0 Å². The van der Waals surface area contributed by atoms with Crippen molar-refractivity contribution in [2.24, 2.45) is 0 Å². The topological polar surface area (TPSA) is 76.2 Å². The van der Waals surface area contributed by atoms with Crippen LogP contribution in [0.25, 0.3) is 21.9 Å². The van der Waals surface area contributed by atoms with Crippen LogP contribution in [-0.2, 0) is 22.4 Å². The van der Waals surface area contributed by atoms with E-state index in [4.69, 9.17) is 9.47 Å². The lowest BCUT2D eigenvalue weighted by molar-refractivity contribution is 0.0950. The number of piperidine rings is 1. The van der Waals surface area contributed by atoms with Gasteiger partial charge in [0.2, 0.25) is 0 Å². The van der Waals surface area contributed by atoms with Crippen LogP contribution in [0.1, 0.15) is 31.9 Å². The first kappa shape index (κ1) is 22.8. The highest BCUT2D eigenvalue weighted by Gasteiger charge is 2.23. The third-order valence-electron chi connectivity index (χ3n) is 6.15. The van der Waals surface area contributed by atoms with Crippen LogP contribution in [-0.4, -0.2) is 70.0 Å². The maximum atomic E-state index is 9.40. The third kappa shape index (κ3) is 4.85. The van der Waals surface area contributed by atoms with Gasteiger partial charge in [0.1, 0.15) is 42.3 Å². The van der Waals surface area contributed by atoms with Crippen molar-refractivity contribution in [2.45, 2.75) is 39.0 Å². The fourth-order valence-corrected chi connectivity index (χ4v) is 4.86. The van der Waals surface area contributed by atoms with Gasteiger partial charge >= 0.3 is 0 Å². The van der Waals surface area contributed by atoms with E-state index < -0.39 is 0 Å². The average Bonchev–Trinajstić information content (AvgIpc) is 3.13. The first-order valence-corrected chi connectivity index (χ1v) is 13.5. The van der Waals surface area contributed by atoms with E-state index in [1.807, 2.05) is 16.7 Å². The Morgan fingerprint density at radius 1 is 1.28 bits per heavy atom. The molecule has 0 aliphatic carbocycles. The van der Waals surface area contributed by atoms with Gasteiger partial charge in [-0.3, -0.25) is 9.47 Å². The molecule has 7 nitrogen and oxygen atoms in total. The van der Waals surface area contributed by atoms with Crippen molar-refractivity contribution in [3.8, 4) is 11.8 Å². The quantitative estimate of drug-likeness (QED) is 0.363. The van der Waals surface area contributed by atoms with Crippen LogP contribution in [0.3, 0.4) is 0 Å². The number of nitriles is 1. The van der Waals surface area contributed by atoms with Crippen LogP contribution in [0.5, 0.6) is 5.75 Å². The molecule has 8 heteroatoms. The summed E-state index contributed by atoms with van der Waals surface area (Å²) in [6, 6.07) is 6.35. The smallest absolute Gasteiger partial charge is 0.146 e. The number of hydrogen-bond donors (Lipinski definition) is 0. The van der Waals surface area contributed by atoms with Crippen LogP contribution < -0.4 is 4.74 Å². The summed E-state index contributed by atoms with van der Waals surface area (Å²) in [6.45, 7) is 6.15. The summed E-state index contributed by atoms with van der Waals surface area (Å²) in [5.41, 5.74) is 2.09. The minimum absolute atomic E-state index is 0.342. The van der Waals surface area contributed by atoms with E-state index in [0.29, 0.717) is 42.6 Å². The molecule has 0 bridgehead atoms. The Bertz CT molecular complexity index is 1110. The highest BCUT2D eigenvalue weighted by Crippen LogP contribution is 2.35. The fourth-order valence-electron chi connectivity index (χ4n) is 4.41. The molecule has 0 N–H and O–H groups in total. The van der Waals surface area contributed by atoms with Gasteiger partial charge in [-0.25, -0.2) is 9.97 Å². The molecule has 1 aliphatic rings. The van der Waals surface area contributed by atoms with Crippen molar-refractivity contribution in [1.29, 1.82) is 5.26 Å². The molecule has 0 radical (unpaired) electrons. The van der Waals surface area contributed by atoms with Crippen LogP contribution in [0.15, 0.2) is 24.5 Å². The van der Waals surface area contributed by atoms with Crippen molar-refractivity contribution >= 4 is 32.8 Å². The maximum Gasteiger partial charge on any atom is 0.146 e. The lowest BCUT2D eigenvalue weighted by Crippen LogP contribution is -2.42. The van der Waals surface area contributed by atoms with Crippen molar-refractivity contribution in [1.82, 2.24) is 19.4 Å². The third-order valence-corrected chi connectivity index (χ3v) is 7.13. The van der Waals surface area contributed by atoms with Crippen LogP contribution in [0, 0.1) is 11.3 Å². The van der Waals surface area contributed by atoms with Gasteiger partial charge in [-0.05, 0) is 49.0 Å². The van der Waals surface area contributed by atoms with Gasteiger partial charge in [-0.15, -0.1) is 0 Å². The summed E-state index contributed by atoms with van der Waals surface area (Å²) in [4.78, 5) is 11.5. The van der Waals surface area contributed by atoms with Gasteiger partial charge in [0.05, 0.1) is 36.2 Å². The highest BCUT2D eigenvalue weighted by atomic mass is 32.2. The number of ether oxygens (including phenoxy) is 2. The second-order valence-corrected chi connectivity index (χ2v) is 10.8. The number of pyridine rings is 2. The van der Waals surface area contributed by atoms with Crippen LogP contribution in [0.4, 0.5) is 0 Å². The van der Waals surface area contributed by atoms with E-state index in [9.17, 15) is 5.26 Å². The minimum atomic E-state index is 0.342. The molecule has 32 heavy (non-hydrogen) atoms. The molecule has 1 aliphatic heterocycles. The van der Waals surface area contributed by atoms with Crippen molar-refractivity contribution in [3.63, 3.8) is 0 Å². The largest absolute Gasteiger partial charge is 0.491 e. The Morgan fingerprint density at radius 2 is 2.16 bits per heavy atom. The van der Waals surface area contributed by atoms with Crippen LogP contribution >= 0.6 is 0 Å². The summed E-state index contributed by atoms with van der Waals surface area (Å²) >= 11 is 0. The molecule has 4 heterocycles. The lowest BCUT2D eigenvalue weighted by atomic mass is 10.0. The van der Waals surface area contributed by atoms with Gasteiger partial charge in [-0.1, -0.05) is 13.3 Å². The molecule has 1 fully saturated rings. The number of rotatable bonds is 9. The monoisotopic (exact) mass is 454 g/mol. The SMILES string of the molecule is CCN1CCCCC1COc1ccnc2c1c1cc(C#N)ncc1n2COCC[S+](C)C. The standard InChI is InChI=1S/C24H32N5O2S/c1-4-28-10-6-5-7-19(28)16-31-22-8-9-26-24-23(22)20-13-18(14-25)27-15-21(20)29(24)17-30-11-12-32(2)3/h8-9,13,15,19H,4-7,10-12,16-17H2,1-3H3/q+1. The molecule has 1 unspecified atom stereocenters. The number of aromatic nitrogens is 3. The van der Waals surface area contributed by atoms with Gasteiger partial charge in [-0.2, -0.15) is 5.26 Å². The molecule has 0 saturated carbocycles. The highest BCUT2D eigenvalue weighted by molar-refractivity contribution is 7.95. The second kappa shape index (κ2) is 10.5. The first-order chi connectivity index (χ1) is 15.6. The number of likely N-dealkylation sites (tertiary alicyclic amines) is 1. The van der Waals surface area contributed by atoms with Crippen molar-refractivity contribution in [3.05, 3.63) is 30.2 Å². The minimum Gasteiger partial charge on any atom is -0.491 e. The molecular weight excluding hydrogens is 422 g/mol. The Balaban J connectivity index is 1.68. The zero-order chi connectivity index (χ0) is 22.5. The molecule has 0 aromatic carbocycles. The molecule has 3 aromatic rings. The van der Waals surface area contributed by atoms with Gasteiger partial charge in [0, 0.05) is 17.6 Å². The lowest BCUT2D eigenvalue weighted by Gasteiger charge is -2.34. The van der Waals surface area contributed by atoms with Crippen molar-refractivity contribution in [2.75, 3.05) is 44.6 Å². The summed E-state index contributed by atoms with van der Waals surface area (Å²) in [5.74, 6) is 1.84. The van der Waals surface area contributed by atoms with E-state index in [2.05, 4.69) is 40.4 Å².